The van der Waals surface area contributed by atoms with Crippen LogP contribution in [0.5, 0.6) is 0 Å². The molecule has 2 rings (SSSR count). The maximum absolute atomic E-state index is 10.6. The van der Waals surface area contributed by atoms with E-state index in [1.54, 1.807) is 4.57 Å². The number of aromatic nitrogens is 3. The van der Waals surface area contributed by atoms with Crippen LogP contribution < -0.4 is 0 Å². The lowest BCUT2D eigenvalue weighted by Crippen LogP contribution is -1.99. The Morgan fingerprint density at radius 1 is 1.07 bits per heavy atom. The first-order valence-electron chi connectivity index (χ1n) is 3.98. The van der Waals surface area contributed by atoms with Gasteiger partial charge in [0.05, 0.1) is 4.90 Å². The molecule has 0 amide bonds. The van der Waals surface area contributed by atoms with Crippen LogP contribution in [0.2, 0.25) is 0 Å². The lowest BCUT2D eigenvalue weighted by Gasteiger charge is -2.07. The standard InChI is InChI=1S/C8H7N3O3S/c12-15(13,14)8-3-1-7(2-4-8)11-5-9-10-6-11/h1-6H,(H,12,13,14)/p-1. The van der Waals surface area contributed by atoms with Gasteiger partial charge < -0.3 is 4.55 Å². The Balaban J connectivity index is 2.42. The second kappa shape index (κ2) is 3.44. The zero-order valence-corrected chi connectivity index (χ0v) is 8.26. The average molecular weight is 224 g/mol. The van der Waals surface area contributed by atoms with E-state index in [2.05, 4.69) is 10.2 Å². The molecule has 1 aromatic carbocycles. The Hall–Kier alpha value is -1.73. The molecule has 78 valence electrons. The molecular formula is C8H6N3O3S-. The molecule has 1 heterocycles. The molecule has 0 atom stereocenters. The van der Waals surface area contributed by atoms with E-state index in [0.717, 1.165) is 0 Å². The predicted molar refractivity (Wildman–Crippen MR) is 49.3 cm³/mol. The summed E-state index contributed by atoms with van der Waals surface area (Å²) in [5, 5.41) is 7.21. The highest BCUT2D eigenvalue weighted by Gasteiger charge is 2.01. The van der Waals surface area contributed by atoms with Gasteiger partial charge in [-0.25, -0.2) is 8.42 Å². The van der Waals surface area contributed by atoms with Gasteiger partial charge in [-0.2, -0.15) is 0 Å². The molecule has 0 unspecified atom stereocenters. The molecule has 0 fully saturated rings. The predicted octanol–water partition coefficient (Wildman–Crippen LogP) is 0.171. The Labute approximate surface area is 85.9 Å². The summed E-state index contributed by atoms with van der Waals surface area (Å²) in [6.07, 6.45) is 2.95. The Morgan fingerprint density at radius 2 is 1.60 bits per heavy atom. The molecule has 0 bridgehead atoms. The van der Waals surface area contributed by atoms with Crippen molar-refractivity contribution in [2.24, 2.45) is 0 Å². The Kier molecular flexibility index (Phi) is 2.25. The van der Waals surface area contributed by atoms with Crippen LogP contribution in [-0.2, 0) is 10.1 Å². The minimum atomic E-state index is -4.38. The van der Waals surface area contributed by atoms with Crippen molar-refractivity contribution in [1.29, 1.82) is 0 Å². The normalized spacial score (nSPS) is 11.5. The van der Waals surface area contributed by atoms with Crippen molar-refractivity contribution < 1.29 is 13.0 Å². The molecule has 7 heteroatoms. The molecule has 0 radical (unpaired) electrons. The Bertz CT molecular complexity index is 545. The maximum Gasteiger partial charge on any atom is 0.124 e. The summed E-state index contributed by atoms with van der Waals surface area (Å²) >= 11 is 0. The van der Waals surface area contributed by atoms with E-state index in [-0.39, 0.29) is 4.90 Å². The third kappa shape index (κ3) is 2.03. The number of rotatable bonds is 2. The van der Waals surface area contributed by atoms with Crippen LogP contribution in [0.3, 0.4) is 0 Å². The first kappa shape index (κ1) is 9.81. The quantitative estimate of drug-likeness (QED) is 0.678. The molecule has 0 saturated heterocycles. The largest absolute Gasteiger partial charge is 0.744 e. The van der Waals surface area contributed by atoms with E-state index >= 15 is 0 Å². The van der Waals surface area contributed by atoms with Crippen LogP contribution in [0.25, 0.3) is 5.69 Å². The van der Waals surface area contributed by atoms with Crippen LogP contribution >= 0.6 is 0 Å². The van der Waals surface area contributed by atoms with Crippen LogP contribution in [-0.4, -0.2) is 27.7 Å². The fourth-order valence-corrected chi connectivity index (χ4v) is 1.59. The van der Waals surface area contributed by atoms with E-state index in [1.807, 2.05) is 0 Å². The van der Waals surface area contributed by atoms with E-state index in [1.165, 1.54) is 36.9 Å². The molecule has 6 nitrogen and oxygen atoms in total. The highest BCUT2D eigenvalue weighted by atomic mass is 32.2. The van der Waals surface area contributed by atoms with Gasteiger partial charge in [0, 0.05) is 5.69 Å². The van der Waals surface area contributed by atoms with Crippen molar-refractivity contribution in [3.05, 3.63) is 36.9 Å². The topological polar surface area (TPSA) is 87.9 Å². The molecular weight excluding hydrogens is 218 g/mol. The van der Waals surface area contributed by atoms with Crippen LogP contribution in [0.4, 0.5) is 0 Å². The molecule has 0 N–H and O–H groups in total. The van der Waals surface area contributed by atoms with Gasteiger partial charge in [-0.15, -0.1) is 10.2 Å². The molecule has 0 aliphatic carbocycles. The summed E-state index contributed by atoms with van der Waals surface area (Å²) in [5.74, 6) is 0. The number of hydrogen-bond donors (Lipinski definition) is 0. The number of nitrogens with zero attached hydrogens (tertiary/aromatic N) is 3. The van der Waals surface area contributed by atoms with Crippen molar-refractivity contribution >= 4 is 10.1 Å². The highest BCUT2D eigenvalue weighted by molar-refractivity contribution is 7.85. The summed E-state index contributed by atoms with van der Waals surface area (Å²) in [6, 6.07) is 5.51. The molecule has 1 aromatic heterocycles. The van der Waals surface area contributed by atoms with Gasteiger partial charge in [-0.3, -0.25) is 4.57 Å². The van der Waals surface area contributed by atoms with Crippen molar-refractivity contribution in [3.63, 3.8) is 0 Å². The Morgan fingerprint density at radius 3 is 2.07 bits per heavy atom. The van der Waals surface area contributed by atoms with Gasteiger partial charge in [-0.05, 0) is 24.3 Å². The summed E-state index contributed by atoms with van der Waals surface area (Å²) in [6.45, 7) is 0. The van der Waals surface area contributed by atoms with Crippen LogP contribution in [0, 0.1) is 0 Å². The molecule has 0 aliphatic rings. The lowest BCUT2D eigenvalue weighted by atomic mass is 10.3. The zero-order chi connectivity index (χ0) is 10.9. The van der Waals surface area contributed by atoms with Crippen LogP contribution in [0.15, 0.2) is 41.8 Å². The van der Waals surface area contributed by atoms with Gasteiger partial charge in [-0.1, -0.05) is 0 Å². The van der Waals surface area contributed by atoms with Gasteiger partial charge >= 0.3 is 0 Å². The van der Waals surface area contributed by atoms with Crippen LogP contribution in [0.1, 0.15) is 0 Å². The van der Waals surface area contributed by atoms with Crippen molar-refractivity contribution in [1.82, 2.24) is 14.8 Å². The van der Waals surface area contributed by atoms with Gasteiger partial charge in [0.15, 0.2) is 0 Å². The smallest absolute Gasteiger partial charge is 0.124 e. The first-order valence-corrected chi connectivity index (χ1v) is 5.39. The lowest BCUT2D eigenvalue weighted by molar-refractivity contribution is 0.463. The summed E-state index contributed by atoms with van der Waals surface area (Å²) in [4.78, 5) is -0.251. The zero-order valence-electron chi connectivity index (χ0n) is 7.44. The summed E-state index contributed by atoms with van der Waals surface area (Å²) in [7, 11) is -4.38. The van der Waals surface area contributed by atoms with E-state index in [4.69, 9.17) is 0 Å². The third-order valence-electron chi connectivity index (χ3n) is 1.84. The summed E-state index contributed by atoms with van der Waals surface area (Å²) in [5.41, 5.74) is 0.687. The monoisotopic (exact) mass is 224 g/mol. The highest BCUT2D eigenvalue weighted by Crippen LogP contribution is 2.12. The first-order chi connectivity index (χ1) is 7.07. The van der Waals surface area contributed by atoms with Crippen molar-refractivity contribution in [2.75, 3.05) is 0 Å². The fraction of sp³-hybridized carbons (Fsp3) is 0. The SMILES string of the molecule is O=S(=O)([O-])c1ccc(-n2cnnc2)cc1. The van der Waals surface area contributed by atoms with E-state index in [9.17, 15) is 13.0 Å². The number of benzene rings is 1. The summed E-state index contributed by atoms with van der Waals surface area (Å²) < 4.78 is 33.5. The second-order valence-electron chi connectivity index (χ2n) is 2.82. The average Bonchev–Trinajstić information content (AvgIpc) is 2.69. The van der Waals surface area contributed by atoms with Gasteiger partial charge in [0.25, 0.3) is 0 Å². The molecule has 2 aromatic rings. The van der Waals surface area contributed by atoms with E-state index in [0.29, 0.717) is 5.69 Å². The second-order valence-corrected chi connectivity index (χ2v) is 4.20. The molecule has 15 heavy (non-hydrogen) atoms. The van der Waals surface area contributed by atoms with Crippen molar-refractivity contribution in [3.8, 4) is 5.69 Å². The molecule has 0 aliphatic heterocycles. The maximum atomic E-state index is 10.6. The minimum absolute atomic E-state index is 0.251. The molecule has 0 saturated carbocycles. The number of hydrogen-bond acceptors (Lipinski definition) is 5. The van der Waals surface area contributed by atoms with Gasteiger partial charge in [0.2, 0.25) is 0 Å². The molecule has 0 spiro atoms. The minimum Gasteiger partial charge on any atom is -0.744 e. The fourth-order valence-electron chi connectivity index (χ4n) is 1.12. The van der Waals surface area contributed by atoms with E-state index < -0.39 is 10.1 Å². The van der Waals surface area contributed by atoms with Gasteiger partial charge in [0.1, 0.15) is 22.8 Å². The van der Waals surface area contributed by atoms with Crippen molar-refractivity contribution in [2.45, 2.75) is 4.90 Å². The third-order valence-corrected chi connectivity index (χ3v) is 2.69.